The van der Waals surface area contributed by atoms with Crippen LogP contribution in [0.5, 0.6) is 11.5 Å². The third-order valence-electron chi connectivity index (χ3n) is 3.32. The molecule has 2 atom stereocenters. The molecular weight excluding hydrogens is 296 g/mol. The van der Waals surface area contributed by atoms with Crippen molar-refractivity contribution in [3.8, 4) is 11.5 Å². The maximum Gasteiger partial charge on any atom is 0.119 e. The van der Waals surface area contributed by atoms with Gasteiger partial charge in [-0.3, -0.25) is 0 Å². The van der Waals surface area contributed by atoms with Crippen molar-refractivity contribution in [2.75, 3.05) is 20.3 Å². The highest BCUT2D eigenvalue weighted by molar-refractivity contribution is 5.31. The first-order chi connectivity index (χ1) is 11.2. The molecule has 0 radical (unpaired) electrons. The summed E-state index contributed by atoms with van der Waals surface area (Å²) in [5.41, 5.74) is 1.02. The zero-order chi connectivity index (χ0) is 16.5. The molecule has 2 N–H and O–H groups in total. The first-order valence-electron chi connectivity index (χ1n) is 7.43. The lowest BCUT2D eigenvalue weighted by Gasteiger charge is -2.18. The molecule has 5 nitrogen and oxygen atoms in total. The third kappa shape index (κ3) is 5.90. The molecule has 0 aliphatic carbocycles. The molecule has 5 heteroatoms. The van der Waals surface area contributed by atoms with Crippen LogP contribution in [0.4, 0.5) is 0 Å². The van der Waals surface area contributed by atoms with Crippen LogP contribution in [-0.4, -0.2) is 42.7 Å². The molecule has 2 aromatic rings. The fraction of sp³-hybridized carbons (Fsp3) is 0.333. The first-order valence-corrected chi connectivity index (χ1v) is 7.43. The molecule has 2 aromatic carbocycles. The van der Waals surface area contributed by atoms with Gasteiger partial charge in [-0.1, -0.05) is 30.3 Å². The number of hydrogen-bond acceptors (Lipinski definition) is 5. The van der Waals surface area contributed by atoms with Crippen LogP contribution in [-0.2, 0) is 11.3 Å². The van der Waals surface area contributed by atoms with E-state index in [4.69, 9.17) is 14.2 Å². The molecule has 0 saturated carbocycles. The largest absolute Gasteiger partial charge is 0.497 e. The average Bonchev–Trinajstić information content (AvgIpc) is 2.61. The molecule has 0 aliphatic heterocycles. The molecule has 0 aromatic heterocycles. The minimum atomic E-state index is -1.02. The molecule has 0 unspecified atom stereocenters. The molecule has 0 amide bonds. The van der Waals surface area contributed by atoms with Gasteiger partial charge in [-0.05, 0) is 29.8 Å². The zero-order valence-corrected chi connectivity index (χ0v) is 13.1. The monoisotopic (exact) mass is 318 g/mol. The Morgan fingerprint density at radius 3 is 2.09 bits per heavy atom. The Morgan fingerprint density at radius 2 is 1.43 bits per heavy atom. The van der Waals surface area contributed by atoms with E-state index in [1.807, 2.05) is 30.3 Å². The van der Waals surface area contributed by atoms with Crippen molar-refractivity contribution in [3.63, 3.8) is 0 Å². The van der Waals surface area contributed by atoms with Crippen LogP contribution in [0.1, 0.15) is 5.56 Å². The predicted molar refractivity (Wildman–Crippen MR) is 86.6 cm³/mol. The first kappa shape index (κ1) is 17.3. The Hall–Kier alpha value is -2.08. The van der Waals surface area contributed by atoms with E-state index in [0.717, 1.165) is 11.3 Å². The van der Waals surface area contributed by atoms with Gasteiger partial charge in [0.2, 0.25) is 0 Å². The molecule has 0 aliphatic rings. The number of aliphatic hydroxyl groups excluding tert-OH is 2. The van der Waals surface area contributed by atoms with Crippen LogP contribution in [0.2, 0.25) is 0 Å². The smallest absolute Gasteiger partial charge is 0.119 e. The van der Waals surface area contributed by atoms with E-state index in [2.05, 4.69) is 0 Å². The molecule has 0 fully saturated rings. The fourth-order valence-electron chi connectivity index (χ4n) is 1.95. The minimum Gasteiger partial charge on any atom is -0.497 e. The normalized spacial score (nSPS) is 13.3. The second-order valence-corrected chi connectivity index (χ2v) is 5.12. The number of ether oxygens (including phenoxy) is 3. The summed E-state index contributed by atoms with van der Waals surface area (Å²) in [7, 11) is 1.59. The average molecular weight is 318 g/mol. The summed E-state index contributed by atoms with van der Waals surface area (Å²) in [6.45, 7) is 0.425. The quantitative estimate of drug-likeness (QED) is 0.740. The summed E-state index contributed by atoms with van der Waals surface area (Å²) < 4.78 is 15.9. The number of hydrogen-bond donors (Lipinski definition) is 2. The SMILES string of the molecule is COc1ccc(OC[C@@H](O)[C@@H](O)COCc2ccccc2)cc1. The maximum absolute atomic E-state index is 9.90. The van der Waals surface area contributed by atoms with Crippen molar-refractivity contribution in [3.05, 3.63) is 60.2 Å². The lowest BCUT2D eigenvalue weighted by Crippen LogP contribution is -2.35. The zero-order valence-electron chi connectivity index (χ0n) is 13.1. The highest BCUT2D eigenvalue weighted by atomic mass is 16.5. The van der Waals surface area contributed by atoms with Gasteiger partial charge in [0, 0.05) is 0 Å². The Balaban J connectivity index is 1.68. The summed E-state index contributed by atoms with van der Waals surface area (Å²) in [4.78, 5) is 0. The van der Waals surface area contributed by atoms with Crippen LogP contribution >= 0.6 is 0 Å². The van der Waals surface area contributed by atoms with Crippen LogP contribution in [0.25, 0.3) is 0 Å². The molecule has 23 heavy (non-hydrogen) atoms. The Labute approximate surface area is 136 Å². The van der Waals surface area contributed by atoms with Crippen molar-refractivity contribution in [2.45, 2.75) is 18.8 Å². The summed E-state index contributed by atoms with van der Waals surface area (Å²) in [6, 6.07) is 16.7. The summed E-state index contributed by atoms with van der Waals surface area (Å²) in [5.74, 6) is 1.33. The van der Waals surface area contributed by atoms with Gasteiger partial charge in [0.1, 0.15) is 30.3 Å². The summed E-state index contributed by atoms with van der Waals surface area (Å²) in [5, 5.41) is 19.8. The summed E-state index contributed by atoms with van der Waals surface area (Å²) in [6.07, 6.45) is -2.02. The number of rotatable bonds is 9. The second kappa shape index (κ2) is 9.15. The van der Waals surface area contributed by atoms with Gasteiger partial charge in [-0.25, -0.2) is 0 Å². The third-order valence-corrected chi connectivity index (χ3v) is 3.32. The Kier molecular flexibility index (Phi) is 6.87. The molecule has 0 saturated heterocycles. The Bertz CT molecular complexity index is 555. The summed E-state index contributed by atoms with van der Waals surface area (Å²) >= 11 is 0. The van der Waals surface area contributed by atoms with E-state index < -0.39 is 12.2 Å². The van der Waals surface area contributed by atoms with Crippen molar-refractivity contribution in [2.24, 2.45) is 0 Å². The highest BCUT2D eigenvalue weighted by Crippen LogP contribution is 2.17. The van der Waals surface area contributed by atoms with Gasteiger partial charge in [-0.15, -0.1) is 0 Å². The fourth-order valence-corrected chi connectivity index (χ4v) is 1.95. The number of benzene rings is 2. The van der Waals surface area contributed by atoms with Crippen LogP contribution in [0.15, 0.2) is 54.6 Å². The maximum atomic E-state index is 9.90. The lowest BCUT2D eigenvalue weighted by molar-refractivity contribution is -0.0564. The van der Waals surface area contributed by atoms with Gasteiger partial charge >= 0.3 is 0 Å². The van der Waals surface area contributed by atoms with Crippen molar-refractivity contribution < 1.29 is 24.4 Å². The van der Waals surface area contributed by atoms with Crippen molar-refractivity contribution in [1.82, 2.24) is 0 Å². The lowest BCUT2D eigenvalue weighted by atomic mass is 10.2. The van der Waals surface area contributed by atoms with Crippen molar-refractivity contribution >= 4 is 0 Å². The van der Waals surface area contributed by atoms with Gasteiger partial charge in [0.05, 0.1) is 20.3 Å². The van der Waals surface area contributed by atoms with E-state index >= 15 is 0 Å². The van der Waals surface area contributed by atoms with E-state index in [9.17, 15) is 10.2 Å². The second-order valence-electron chi connectivity index (χ2n) is 5.12. The van der Waals surface area contributed by atoms with E-state index in [1.54, 1.807) is 31.4 Å². The molecule has 0 spiro atoms. The van der Waals surface area contributed by atoms with Gasteiger partial charge < -0.3 is 24.4 Å². The van der Waals surface area contributed by atoms with Crippen molar-refractivity contribution in [1.29, 1.82) is 0 Å². The van der Waals surface area contributed by atoms with E-state index in [1.165, 1.54) is 0 Å². The number of aliphatic hydroxyl groups is 2. The predicted octanol–water partition coefficient (Wildman–Crippen LogP) is 2.01. The van der Waals surface area contributed by atoms with Gasteiger partial charge in [0.15, 0.2) is 0 Å². The van der Waals surface area contributed by atoms with Gasteiger partial charge in [0.25, 0.3) is 0 Å². The molecule has 0 bridgehead atoms. The van der Waals surface area contributed by atoms with E-state index in [0.29, 0.717) is 12.4 Å². The standard InChI is InChI=1S/C18H22O5/c1-21-15-7-9-16(10-8-15)23-13-18(20)17(19)12-22-11-14-5-3-2-4-6-14/h2-10,17-20H,11-13H2,1H3/t17-,18+/m0/s1. The van der Waals surface area contributed by atoms with E-state index in [-0.39, 0.29) is 13.2 Å². The topological polar surface area (TPSA) is 68.2 Å². The molecule has 0 heterocycles. The van der Waals surface area contributed by atoms with Gasteiger partial charge in [-0.2, -0.15) is 0 Å². The molecule has 2 rings (SSSR count). The minimum absolute atomic E-state index is 0.0117. The molecule has 124 valence electrons. The van der Waals surface area contributed by atoms with Crippen LogP contribution in [0.3, 0.4) is 0 Å². The Morgan fingerprint density at radius 1 is 0.826 bits per heavy atom. The number of methoxy groups -OCH3 is 1. The van der Waals surface area contributed by atoms with Crippen LogP contribution < -0.4 is 9.47 Å². The molecular formula is C18H22O5. The van der Waals surface area contributed by atoms with Crippen LogP contribution in [0, 0.1) is 0 Å². The highest BCUT2D eigenvalue weighted by Gasteiger charge is 2.17.